The molecule has 0 saturated carbocycles. The number of halogens is 1. The van der Waals surface area contributed by atoms with Crippen LogP contribution in [0, 0.1) is 17.7 Å². The molecule has 4 N–H and O–H groups in total. The van der Waals surface area contributed by atoms with E-state index in [0.29, 0.717) is 5.56 Å². The monoisotopic (exact) mass is 257 g/mol. The number of rotatable bonds is 3. The number of hydrogen-bond donors (Lipinski definition) is 3. The first kappa shape index (κ1) is 13.4. The minimum Gasteiger partial charge on any atom is -0.320 e. The Morgan fingerprint density at radius 2 is 2.18 bits per heavy atom. The lowest BCUT2D eigenvalue weighted by molar-refractivity contribution is 0.591. The second-order valence-electron chi connectivity index (χ2n) is 3.01. The van der Waals surface area contributed by atoms with Crippen molar-refractivity contribution in [2.75, 3.05) is 18.3 Å². The van der Waals surface area contributed by atoms with Crippen LogP contribution in [-0.2, 0) is 10.2 Å². The van der Waals surface area contributed by atoms with Gasteiger partial charge in [0.15, 0.2) is 0 Å². The molecular weight excluding hydrogens is 245 g/mol. The zero-order valence-corrected chi connectivity index (χ0v) is 9.94. The van der Waals surface area contributed by atoms with Gasteiger partial charge in [-0.25, -0.2) is 9.11 Å². The van der Waals surface area contributed by atoms with Crippen LogP contribution in [0.3, 0.4) is 0 Å². The molecule has 7 heteroatoms. The first-order chi connectivity index (χ1) is 7.98. The lowest BCUT2D eigenvalue weighted by atomic mass is 10.2. The van der Waals surface area contributed by atoms with Gasteiger partial charge in [-0.1, -0.05) is 11.8 Å². The highest BCUT2D eigenvalue weighted by molar-refractivity contribution is 7.90. The van der Waals surface area contributed by atoms with Crippen LogP contribution in [0.15, 0.2) is 18.2 Å². The fourth-order valence-corrected chi connectivity index (χ4v) is 1.58. The summed E-state index contributed by atoms with van der Waals surface area (Å²) in [6, 6.07) is 3.93. The average molecular weight is 257 g/mol. The van der Waals surface area contributed by atoms with Gasteiger partial charge in [-0.05, 0) is 18.2 Å². The molecule has 5 nitrogen and oxygen atoms in total. The van der Waals surface area contributed by atoms with E-state index in [2.05, 4.69) is 11.8 Å². The molecule has 0 aliphatic heterocycles. The second kappa shape index (κ2) is 5.63. The van der Waals surface area contributed by atoms with E-state index in [1.807, 2.05) is 9.44 Å². The Morgan fingerprint density at radius 1 is 1.47 bits per heavy atom. The third-order valence-electron chi connectivity index (χ3n) is 1.82. The Balaban J connectivity index is 2.98. The molecule has 0 bridgehead atoms. The maximum atomic E-state index is 13.5. The van der Waals surface area contributed by atoms with E-state index >= 15 is 0 Å². The van der Waals surface area contributed by atoms with Crippen LogP contribution in [0.4, 0.5) is 10.1 Å². The lowest BCUT2D eigenvalue weighted by Crippen LogP contribution is -2.26. The molecule has 1 rings (SSSR count). The smallest absolute Gasteiger partial charge is 0.298 e. The molecule has 0 amide bonds. The van der Waals surface area contributed by atoms with Gasteiger partial charge in [0.25, 0.3) is 10.2 Å². The summed E-state index contributed by atoms with van der Waals surface area (Å²) >= 11 is 0. The molecule has 0 radical (unpaired) electrons. The van der Waals surface area contributed by atoms with E-state index in [1.54, 1.807) is 0 Å². The van der Waals surface area contributed by atoms with Crippen molar-refractivity contribution in [3.05, 3.63) is 29.6 Å². The van der Waals surface area contributed by atoms with Gasteiger partial charge < -0.3 is 5.73 Å². The largest absolute Gasteiger partial charge is 0.320 e. The quantitative estimate of drug-likeness (QED) is 0.667. The van der Waals surface area contributed by atoms with Crippen molar-refractivity contribution in [1.82, 2.24) is 4.72 Å². The van der Waals surface area contributed by atoms with Crippen molar-refractivity contribution in [3.8, 4) is 11.8 Å². The Bertz CT molecular complexity index is 561. The van der Waals surface area contributed by atoms with Crippen molar-refractivity contribution in [3.63, 3.8) is 0 Å². The summed E-state index contributed by atoms with van der Waals surface area (Å²) in [6.07, 6.45) is 0. The molecule has 1 aromatic carbocycles. The molecule has 0 heterocycles. The summed E-state index contributed by atoms with van der Waals surface area (Å²) in [6.45, 7) is 0.176. The van der Waals surface area contributed by atoms with Gasteiger partial charge in [-0.3, -0.25) is 4.72 Å². The van der Waals surface area contributed by atoms with Gasteiger partial charge >= 0.3 is 0 Å². The van der Waals surface area contributed by atoms with E-state index in [4.69, 9.17) is 5.73 Å². The normalized spacial score (nSPS) is 10.5. The minimum atomic E-state index is -3.72. The predicted molar refractivity (Wildman–Crippen MR) is 63.9 cm³/mol. The zero-order chi connectivity index (χ0) is 12.9. The van der Waals surface area contributed by atoms with Crippen LogP contribution in [-0.4, -0.2) is 22.0 Å². The van der Waals surface area contributed by atoms with E-state index in [1.165, 1.54) is 19.2 Å². The molecular formula is C10H12FN3O2S. The number of benzene rings is 1. The van der Waals surface area contributed by atoms with Crippen molar-refractivity contribution >= 4 is 15.9 Å². The number of nitrogens with one attached hydrogen (secondary N) is 2. The van der Waals surface area contributed by atoms with Gasteiger partial charge in [0, 0.05) is 12.6 Å². The number of anilines is 1. The summed E-state index contributed by atoms with van der Waals surface area (Å²) < 4.78 is 39.8. The standard InChI is InChI=1S/C10H12FN3O2S/c1-13-17(15,16)14-10-5-4-8(3-2-6-12)7-9(10)11/h4-5,7,13-14H,6,12H2,1H3. The zero-order valence-electron chi connectivity index (χ0n) is 9.12. The van der Waals surface area contributed by atoms with Crippen LogP contribution in [0.2, 0.25) is 0 Å². The molecule has 0 aliphatic carbocycles. The summed E-state index contributed by atoms with van der Waals surface area (Å²) in [7, 11) is -2.50. The van der Waals surface area contributed by atoms with Crippen LogP contribution in [0.1, 0.15) is 5.56 Å². The summed E-state index contributed by atoms with van der Waals surface area (Å²) in [5, 5.41) is 0. The van der Waals surface area contributed by atoms with E-state index < -0.39 is 16.0 Å². The Kier molecular flexibility index (Phi) is 4.45. The Morgan fingerprint density at radius 3 is 2.71 bits per heavy atom. The van der Waals surface area contributed by atoms with Crippen LogP contribution < -0.4 is 15.2 Å². The highest BCUT2D eigenvalue weighted by Crippen LogP contribution is 2.16. The molecule has 17 heavy (non-hydrogen) atoms. The maximum absolute atomic E-state index is 13.5. The minimum absolute atomic E-state index is 0.141. The highest BCUT2D eigenvalue weighted by atomic mass is 32.2. The van der Waals surface area contributed by atoms with Crippen molar-refractivity contribution in [2.45, 2.75) is 0 Å². The van der Waals surface area contributed by atoms with Gasteiger partial charge in [0.05, 0.1) is 12.2 Å². The molecule has 0 aliphatic rings. The Hall–Kier alpha value is -1.62. The van der Waals surface area contributed by atoms with Crippen LogP contribution in [0.5, 0.6) is 0 Å². The van der Waals surface area contributed by atoms with Gasteiger partial charge in [-0.15, -0.1) is 0 Å². The third-order valence-corrected chi connectivity index (χ3v) is 2.84. The summed E-state index contributed by atoms with van der Waals surface area (Å²) in [5.41, 5.74) is 5.47. The molecule has 0 fully saturated rings. The molecule has 1 aromatic rings. The fraction of sp³-hybridized carbons (Fsp3) is 0.200. The van der Waals surface area contributed by atoms with Gasteiger partial charge in [0.2, 0.25) is 0 Å². The molecule has 0 unspecified atom stereocenters. The highest BCUT2D eigenvalue weighted by Gasteiger charge is 2.10. The van der Waals surface area contributed by atoms with Crippen molar-refractivity contribution in [2.24, 2.45) is 5.73 Å². The third kappa shape index (κ3) is 4.03. The van der Waals surface area contributed by atoms with Crippen molar-refractivity contribution < 1.29 is 12.8 Å². The first-order valence-corrected chi connectivity index (χ1v) is 6.16. The van der Waals surface area contributed by atoms with Crippen LogP contribution >= 0.6 is 0 Å². The average Bonchev–Trinajstić information content (AvgIpc) is 2.29. The molecule has 0 atom stereocenters. The number of hydrogen-bond acceptors (Lipinski definition) is 3. The van der Waals surface area contributed by atoms with E-state index in [-0.39, 0.29) is 12.2 Å². The first-order valence-electron chi connectivity index (χ1n) is 4.68. The number of nitrogens with two attached hydrogens (primary N) is 1. The Labute approximate surface area is 99.4 Å². The molecule has 0 spiro atoms. The maximum Gasteiger partial charge on any atom is 0.298 e. The molecule has 0 aromatic heterocycles. The molecule has 92 valence electrons. The van der Waals surface area contributed by atoms with Crippen molar-refractivity contribution in [1.29, 1.82) is 0 Å². The van der Waals surface area contributed by atoms with Gasteiger partial charge in [-0.2, -0.15) is 8.42 Å². The topological polar surface area (TPSA) is 84.2 Å². The summed E-state index contributed by atoms with van der Waals surface area (Å²) in [5.74, 6) is 4.51. The fourth-order valence-electron chi connectivity index (χ4n) is 1.02. The van der Waals surface area contributed by atoms with E-state index in [0.717, 1.165) is 6.07 Å². The second-order valence-corrected chi connectivity index (χ2v) is 4.63. The van der Waals surface area contributed by atoms with Gasteiger partial charge in [0.1, 0.15) is 5.82 Å². The predicted octanol–water partition coefficient (Wildman–Crippen LogP) is 0.0120. The summed E-state index contributed by atoms with van der Waals surface area (Å²) in [4.78, 5) is 0. The lowest BCUT2D eigenvalue weighted by Gasteiger charge is -2.07. The van der Waals surface area contributed by atoms with Crippen LogP contribution in [0.25, 0.3) is 0 Å². The molecule has 0 saturated heterocycles. The SMILES string of the molecule is CNS(=O)(=O)Nc1ccc(C#CCN)cc1F. The van der Waals surface area contributed by atoms with E-state index in [9.17, 15) is 12.8 Å².